The van der Waals surface area contributed by atoms with Crippen LogP contribution in [0, 0.1) is 0 Å². The second-order valence-electron chi connectivity index (χ2n) is 4.18. The van der Waals surface area contributed by atoms with Gasteiger partial charge in [0.1, 0.15) is 6.10 Å². The average Bonchev–Trinajstić information content (AvgIpc) is 2.86. The van der Waals surface area contributed by atoms with Crippen molar-refractivity contribution in [3.05, 3.63) is 30.1 Å². The predicted octanol–water partition coefficient (Wildman–Crippen LogP) is 0.184. The summed E-state index contributed by atoms with van der Waals surface area (Å²) in [5, 5.41) is 2.65. The lowest BCUT2D eigenvalue weighted by atomic mass is 10.1. The van der Waals surface area contributed by atoms with Gasteiger partial charge in [0, 0.05) is 24.6 Å². The lowest BCUT2D eigenvalue weighted by Crippen LogP contribution is -2.46. The third-order valence-electron chi connectivity index (χ3n) is 2.86. The van der Waals surface area contributed by atoms with Crippen LogP contribution in [0.15, 0.2) is 24.5 Å². The molecule has 1 saturated heterocycles. The minimum atomic E-state index is -0.659. The zero-order valence-corrected chi connectivity index (χ0v) is 10.7. The second-order valence-corrected chi connectivity index (χ2v) is 4.18. The minimum Gasteiger partial charge on any atom is -0.376 e. The van der Waals surface area contributed by atoms with Crippen molar-refractivity contribution in [2.24, 2.45) is 0 Å². The smallest absolute Gasteiger partial charge is 0.292 e. The van der Waals surface area contributed by atoms with Crippen molar-refractivity contribution in [1.82, 2.24) is 10.3 Å². The number of nitrogens with zero attached hydrogens (tertiary/aromatic N) is 1. The van der Waals surface area contributed by atoms with Crippen LogP contribution >= 0.6 is 0 Å². The number of amides is 1. The molecule has 1 N–H and O–H groups in total. The number of pyridine rings is 1. The number of ether oxygens (including phenoxy) is 2. The third kappa shape index (κ3) is 3.36. The van der Waals surface area contributed by atoms with Crippen molar-refractivity contribution in [3.8, 4) is 0 Å². The Hall–Kier alpha value is -1.79. The van der Waals surface area contributed by atoms with E-state index in [1.807, 2.05) is 6.92 Å². The summed E-state index contributed by atoms with van der Waals surface area (Å²) in [5.41, 5.74) is 0.270. The van der Waals surface area contributed by atoms with Crippen LogP contribution in [0.2, 0.25) is 0 Å². The lowest BCUT2D eigenvalue weighted by molar-refractivity contribution is -0.118. The first-order chi connectivity index (χ1) is 9.22. The fourth-order valence-corrected chi connectivity index (χ4v) is 1.91. The quantitative estimate of drug-likeness (QED) is 0.606. The molecule has 0 aromatic carbocycles. The zero-order valence-electron chi connectivity index (χ0n) is 10.7. The fourth-order valence-electron chi connectivity index (χ4n) is 1.91. The van der Waals surface area contributed by atoms with Crippen molar-refractivity contribution < 1.29 is 19.1 Å². The van der Waals surface area contributed by atoms with Crippen molar-refractivity contribution in [2.45, 2.75) is 19.1 Å². The van der Waals surface area contributed by atoms with Gasteiger partial charge in [-0.25, -0.2) is 0 Å². The molecule has 0 bridgehead atoms. The molecule has 1 aromatic rings. The first-order valence-electron chi connectivity index (χ1n) is 6.17. The summed E-state index contributed by atoms with van der Waals surface area (Å²) < 4.78 is 10.7. The lowest BCUT2D eigenvalue weighted by Gasteiger charge is -2.18. The Labute approximate surface area is 111 Å². The zero-order chi connectivity index (χ0) is 13.7. The van der Waals surface area contributed by atoms with Crippen LogP contribution in [0.25, 0.3) is 0 Å². The Morgan fingerprint density at radius 3 is 3.05 bits per heavy atom. The largest absolute Gasteiger partial charge is 0.376 e. The highest BCUT2D eigenvalue weighted by molar-refractivity contribution is 6.42. The van der Waals surface area contributed by atoms with Gasteiger partial charge in [0.15, 0.2) is 0 Å². The SMILES string of the molecule is CCO[C@@H]1COC[C@H]1NC(=O)C(=O)c1cccnc1. The van der Waals surface area contributed by atoms with E-state index < -0.39 is 11.7 Å². The van der Waals surface area contributed by atoms with Gasteiger partial charge in [-0.1, -0.05) is 0 Å². The van der Waals surface area contributed by atoms with Crippen molar-refractivity contribution in [2.75, 3.05) is 19.8 Å². The van der Waals surface area contributed by atoms with Crippen LogP contribution < -0.4 is 5.32 Å². The standard InChI is InChI=1S/C13H16N2O4/c1-2-19-11-8-18-7-10(11)15-13(17)12(16)9-4-3-5-14-6-9/h3-6,10-11H,2,7-8H2,1H3,(H,15,17)/t10-,11-/m1/s1. The summed E-state index contributed by atoms with van der Waals surface area (Å²) in [7, 11) is 0. The normalized spacial score (nSPS) is 22.2. The molecule has 1 aliphatic rings. The predicted molar refractivity (Wildman–Crippen MR) is 66.7 cm³/mol. The van der Waals surface area contributed by atoms with Crippen molar-refractivity contribution in [1.29, 1.82) is 0 Å². The topological polar surface area (TPSA) is 77.5 Å². The van der Waals surface area contributed by atoms with Crippen molar-refractivity contribution >= 4 is 11.7 Å². The van der Waals surface area contributed by atoms with Gasteiger partial charge in [0.2, 0.25) is 0 Å². The molecular formula is C13H16N2O4. The van der Waals surface area contributed by atoms with Crippen LogP contribution in [-0.4, -0.2) is 48.6 Å². The van der Waals surface area contributed by atoms with E-state index in [1.54, 1.807) is 18.3 Å². The highest BCUT2D eigenvalue weighted by Gasteiger charge is 2.31. The molecule has 6 heteroatoms. The van der Waals surface area contributed by atoms with E-state index in [-0.39, 0.29) is 17.7 Å². The van der Waals surface area contributed by atoms with E-state index >= 15 is 0 Å². The molecule has 1 aromatic heterocycles. The van der Waals surface area contributed by atoms with Gasteiger partial charge in [0.25, 0.3) is 11.7 Å². The van der Waals surface area contributed by atoms with Crippen LogP contribution in [0.3, 0.4) is 0 Å². The van der Waals surface area contributed by atoms with Crippen LogP contribution in [0.5, 0.6) is 0 Å². The number of hydrogen-bond donors (Lipinski definition) is 1. The van der Waals surface area contributed by atoms with Crippen LogP contribution in [0.4, 0.5) is 0 Å². The molecule has 1 fully saturated rings. The molecule has 0 spiro atoms. The molecule has 0 radical (unpaired) electrons. The molecule has 2 atom stereocenters. The summed E-state index contributed by atoms with van der Waals surface area (Å²) >= 11 is 0. The molecular weight excluding hydrogens is 248 g/mol. The van der Waals surface area contributed by atoms with E-state index in [1.165, 1.54) is 6.20 Å². The Morgan fingerprint density at radius 1 is 1.53 bits per heavy atom. The first-order valence-corrected chi connectivity index (χ1v) is 6.17. The summed E-state index contributed by atoms with van der Waals surface area (Å²) in [6.45, 7) is 3.20. The maximum Gasteiger partial charge on any atom is 0.292 e. The van der Waals surface area contributed by atoms with Gasteiger partial charge in [-0.05, 0) is 19.1 Å². The molecule has 2 rings (SSSR count). The highest BCUT2D eigenvalue weighted by atomic mass is 16.5. The summed E-state index contributed by atoms with van der Waals surface area (Å²) in [6.07, 6.45) is 2.72. The maximum atomic E-state index is 11.9. The van der Waals surface area contributed by atoms with E-state index in [9.17, 15) is 9.59 Å². The molecule has 6 nitrogen and oxygen atoms in total. The Bertz CT molecular complexity index is 449. The summed E-state index contributed by atoms with van der Waals surface area (Å²) in [5.74, 6) is -1.26. The Morgan fingerprint density at radius 2 is 2.37 bits per heavy atom. The van der Waals surface area contributed by atoms with Gasteiger partial charge in [-0.3, -0.25) is 14.6 Å². The highest BCUT2D eigenvalue weighted by Crippen LogP contribution is 2.10. The van der Waals surface area contributed by atoms with Gasteiger partial charge >= 0.3 is 0 Å². The molecule has 102 valence electrons. The van der Waals surface area contributed by atoms with E-state index in [0.29, 0.717) is 19.8 Å². The fraction of sp³-hybridized carbons (Fsp3) is 0.462. The van der Waals surface area contributed by atoms with Crippen LogP contribution in [0.1, 0.15) is 17.3 Å². The number of aromatic nitrogens is 1. The summed E-state index contributed by atoms with van der Waals surface area (Å²) in [4.78, 5) is 27.5. The summed E-state index contributed by atoms with van der Waals surface area (Å²) in [6, 6.07) is 2.88. The number of ketones is 1. The molecule has 1 aliphatic heterocycles. The Balaban J connectivity index is 1.95. The van der Waals surface area contributed by atoms with Gasteiger partial charge in [0.05, 0.1) is 19.3 Å². The number of nitrogens with one attached hydrogen (secondary N) is 1. The van der Waals surface area contributed by atoms with E-state index in [0.717, 1.165) is 0 Å². The Kier molecular flexibility index (Phi) is 4.59. The van der Waals surface area contributed by atoms with E-state index in [2.05, 4.69) is 10.3 Å². The molecule has 19 heavy (non-hydrogen) atoms. The second kappa shape index (κ2) is 6.40. The van der Waals surface area contributed by atoms with Gasteiger partial charge in [-0.15, -0.1) is 0 Å². The van der Waals surface area contributed by atoms with Gasteiger partial charge in [-0.2, -0.15) is 0 Å². The first kappa shape index (κ1) is 13.6. The number of rotatable bonds is 5. The monoisotopic (exact) mass is 264 g/mol. The molecule has 0 saturated carbocycles. The number of carbonyl (C=O) groups excluding carboxylic acids is 2. The van der Waals surface area contributed by atoms with E-state index in [4.69, 9.17) is 9.47 Å². The minimum absolute atomic E-state index is 0.198. The molecule has 0 aliphatic carbocycles. The maximum absolute atomic E-state index is 11.9. The molecule has 2 heterocycles. The third-order valence-corrected chi connectivity index (χ3v) is 2.86. The van der Waals surface area contributed by atoms with Crippen LogP contribution in [-0.2, 0) is 14.3 Å². The number of hydrogen-bond acceptors (Lipinski definition) is 5. The molecule has 0 unspecified atom stereocenters. The van der Waals surface area contributed by atoms with Gasteiger partial charge < -0.3 is 14.8 Å². The number of carbonyl (C=O) groups is 2. The number of Topliss-reactive ketones (excluding diaryl/α,β-unsaturated/α-hetero) is 1. The average molecular weight is 264 g/mol. The molecule has 1 amide bonds. The van der Waals surface area contributed by atoms with Crippen molar-refractivity contribution in [3.63, 3.8) is 0 Å².